The predicted molar refractivity (Wildman–Crippen MR) is 86.3 cm³/mol. The molecule has 114 valence electrons. The highest BCUT2D eigenvalue weighted by molar-refractivity contribution is 5.99. The molecular weight excluding hydrogens is 278 g/mol. The molecular formula is C17H19N3O2. The average Bonchev–Trinajstić information content (AvgIpc) is 3.34. The third kappa shape index (κ3) is 3.75. The van der Waals surface area contributed by atoms with Crippen LogP contribution in [0.3, 0.4) is 0 Å². The molecule has 1 aromatic heterocycles. The minimum Gasteiger partial charge on any atom is -0.487 e. The van der Waals surface area contributed by atoms with E-state index in [9.17, 15) is 4.79 Å². The molecule has 2 aromatic rings. The van der Waals surface area contributed by atoms with E-state index >= 15 is 0 Å². The summed E-state index contributed by atoms with van der Waals surface area (Å²) in [7, 11) is 0. The van der Waals surface area contributed by atoms with Gasteiger partial charge >= 0.3 is 6.03 Å². The molecule has 0 atom stereocenters. The summed E-state index contributed by atoms with van der Waals surface area (Å²) in [6, 6.07) is 11.1. The number of carbonyl (C=O) groups excluding carboxylic acids is 1. The largest absolute Gasteiger partial charge is 0.487 e. The number of urea groups is 1. The molecule has 1 aliphatic carbocycles. The van der Waals surface area contributed by atoms with Crippen LogP contribution in [0.2, 0.25) is 0 Å². The Labute approximate surface area is 129 Å². The van der Waals surface area contributed by atoms with E-state index in [2.05, 4.69) is 22.5 Å². The van der Waals surface area contributed by atoms with Crippen LogP contribution in [-0.4, -0.2) is 17.1 Å². The fourth-order valence-corrected chi connectivity index (χ4v) is 2.04. The number of amides is 2. The van der Waals surface area contributed by atoms with Crippen molar-refractivity contribution in [2.24, 2.45) is 0 Å². The topological polar surface area (TPSA) is 63.2 Å². The Morgan fingerprint density at radius 3 is 2.68 bits per heavy atom. The number of nitrogens with zero attached hydrogens (tertiary/aromatic N) is 1. The summed E-state index contributed by atoms with van der Waals surface area (Å²) in [6.45, 7) is 2.09. The molecule has 3 rings (SSSR count). The van der Waals surface area contributed by atoms with Gasteiger partial charge in [0, 0.05) is 11.9 Å². The van der Waals surface area contributed by atoms with E-state index in [1.54, 1.807) is 12.3 Å². The first-order valence-electron chi connectivity index (χ1n) is 7.53. The summed E-state index contributed by atoms with van der Waals surface area (Å²) in [5, 5.41) is 5.53. The van der Waals surface area contributed by atoms with Crippen LogP contribution in [-0.2, 0) is 6.42 Å². The number of ether oxygens (including phenoxy) is 1. The lowest BCUT2D eigenvalue weighted by Gasteiger charge is -2.11. The Balaban J connectivity index is 1.63. The number of aryl methyl sites for hydroxylation is 1. The molecule has 0 aliphatic heterocycles. The molecule has 1 heterocycles. The van der Waals surface area contributed by atoms with Gasteiger partial charge in [-0.25, -0.2) is 9.78 Å². The fourth-order valence-electron chi connectivity index (χ4n) is 2.04. The van der Waals surface area contributed by atoms with Gasteiger partial charge in [0.05, 0.1) is 6.10 Å². The summed E-state index contributed by atoms with van der Waals surface area (Å²) in [5.41, 5.74) is 1.98. The lowest BCUT2D eigenvalue weighted by molar-refractivity contribution is 0.261. The summed E-state index contributed by atoms with van der Waals surface area (Å²) in [6.07, 6.45) is 4.98. The molecule has 0 spiro atoms. The summed E-state index contributed by atoms with van der Waals surface area (Å²) >= 11 is 0. The van der Waals surface area contributed by atoms with E-state index in [-0.39, 0.29) is 12.1 Å². The number of carbonyl (C=O) groups is 1. The third-order valence-corrected chi connectivity index (χ3v) is 3.44. The third-order valence-electron chi connectivity index (χ3n) is 3.44. The molecule has 2 amide bonds. The van der Waals surface area contributed by atoms with Crippen molar-refractivity contribution in [2.45, 2.75) is 32.3 Å². The van der Waals surface area contributed by atoms with E-state index < -0.39 is 0 Å². The van der Waals surface area contributed by atoms with Crippen LogP contribution in [0.25, 0.3) is 0 Å². The van der Waals surface area contributed by atoms with E-state index in [4.69, 9.17) is 4.74 Å². The minimum absolute atomic E-state index is 0.259. The van der Waals surface area contributed by atoms with Crippen molar-refractivity contribution in [3.05, 3.63) is 48.2 Å². The summed E-state index contributed by atoms with van der Waals surface area (Å²) in [5.74, 6) is 1.05. The Morgan fingerprint density at radius 1 is 1.23 bits per heavy atom. The zero-order valence-electron chi connectivity index (χ0n) is 12.5. The van der Waals surface area contributed by atoms with Crippen molar-refractivity contribution in [2.75, 3.05) is 10.6 Å². The molecule has 2 N–H and O–H groups in total. The lowest BCUT2D eigenvalue weighted by Crippen LogP contribution is -2.20. The molecule has 0 unspecified atom stereocenters. The van der Waals surface area contributed by atoms with E-state index in [1.807, 2.05) is 30.3 Å². The van der Waals surface area contributed by atoms with Gasteiger partial charge in [-0.1, -0.05) is 19.1 Å². The number of rotatable bonds is 5. The van der Waals surface area contributed by atoms with E-state index in [0.717, 1.165) is 24.9 Å². The van der Waals surface area contributed by atoms with E-state index in [1.165, 1.54) is 5.56 Å². The Kier molecular flexibility index (Phi) is 4.23. The van der Waals surface area contributed by atoms with Crippen LogP contribution in [0.4, 0.5) is 16.3 Å². The van der Waals surface area contributed by atoms with Crippen LogP contribution < -0.4 is 15.4 Å². The van der Waals surface area contributed by atoms with Crippen molar-refractivity contribution in [3.63, 3.8) is 0 Å². The highest BCUT2D eigenvalue weighted by Gasteiger charge is 2.25. The SMILES string of the molecule is CCc1ccc(NC(=O)Nc2ncccc2OC2CC2)cc1. The zero-order valence-corrected chi connectivity index (χ0v) is 12.5. The van der Waals surface area contributed by atoms with Gasteiger partial charge in [-0.3, -0.25) is 5.32 Å². The number of benzene rings is 1. The second-order valence-electron chi connectivity index (χ2n) is 5.30. The van der Waals surface area contributed by atoms with Gasteiger partial charge in [0.2, 0.25) is 0 Å². The van der Waals surface area contributed by atoms with Gasteiger partial charge in [0.25, 0.3) is 0 Å². The maximum absolute atomic E-state index is 12.1. The first kappa shape index (κ1) is 14.4. The number of aromatic nitrogens is 1. The van der Waals surface area contributed by atoms with Gasteiger partial charge in [-0.05, 0) is 49.1 Å². The molecule has 5 nitrogen and oxygen atoms in total. The van der Waals surface area contributed by atoms with Crippen LogP contribution in [0.15, 0.2) is 42.6 Å². The van der Waals surface area contributed by atoms with Crippen molar-refractivity contribution < 1.29 is 9.53 Å². The normalized spacial score (nSPS) is 13.5. The first-order chi connectivity index (χ1) is 10.7. The van der Waals surface area contributed by atoms with Crippen molar-refractivity contribution >= 4 is 17.5 Å². The molecule has 0 radical (unpaired) electrons. The number of anilines is 2. The molecule has 5 heteroatoms. The average molecular weight is 297 g/mol. The zero-order chi connectivity index (χ0) is 15.4. The minimum atomic E-state index is -0.330. The number of nitrogens with one attached hydrogen (secondary N) is 2. The highest BCUT2D eigenvalue weighted by Crippen LogP contribution is 2.30. The molecule has 1 aromatic carbocycles. The maximum atomic E-state index is 12.1. The second-order valence-corrected chi connectivity index (χ2v) is 5.30. The van der Waals surface area contributed by atoms with E-state index in [0.29, 0.717) is 11.6 Å². The summed E-state index contributed by atoms with van der Waals surface area (Å²) < 4.78 is 5.73. The van der Waals surface area contributed by atoms with Gasteiger partial charge in [0.1, 0.15) is 0 Å². The van der Waals surface area contributed by atoms with Crippen LogP contribution in [0, 0.1) is 0 Å². The smallest absolute Gasteiger partial charge is 0.324 e. The fraction of sp³-hybridized carbons (Fsp3) is 0.294. The number of hydrogen-bond donors (Lipinski definition) is 2. The Morgan fingerprint density at radius 2 is 2.00 bits per heavy atom. The molecule has 1 fully saturated rings. The van der Waals surface area contributed by atoms with Crippen LogP contribution >= 0.6 is 0 Å². The van der Waals surface area contributed by atoms with Crippen LogP contribution in [0.1, 0.15) is 25.3 Å². The van der Waals surface area contributed by atoms with Gasteiger partial charge in [0.15, 0.2) is 11.6 Å². The standard InChI is InChI=1S/C17H19N3O2/c1-2-12-5-7-13(8-6-12)19-17(21)20-16-15(4-3-11-18-16)22-14-9-10-14/h3-8,11,14H,2,9-10H2,1H3,(H2,18,19,20,21). The molecule has 0 bridgehead atoms. The highest BCUT2D eigenvalue weighted by atomic mass is 16.5. The number of hydrogen-bond acceptors (Lipinski definition) is 3. The monoisotopic (exact) mass is 297 g/mol. The Hall–Kier alpha value is -2.56. The first-order valence-corrected chi connectivity index (χ1v) is 7.53. The van der Waals surface area contributed by atoms with Crippen molar-refractivity contribution in [1.82, 2.24) is 4.98 Å². The molecule has 1 saturated carbocycles. The number of pyridine rings is 1. The maximum Gasteiger partial charge on any atom is 0.324 e. The molecule has 0 saturated heterocycles. The van der Waals surface area contributed by atoms with Crippen LogP contribution in [0.5, 0.6) is 5.75 Å². The van der Waals surface area contributed by atoms with Crippen molar-refractivity contribution in [3.8, 4) is 5.75 Å². The molecule has 1 aliphatic rings. The van der Waals surface area contributed by atoms with Gasteiger partial charge in [-0.2, -0.15) is 0 Å². The summed E-state index contributed by atoms with van der Waals surface area (Å²) in [4.78, 5) is 16.2. The second kappa shape index (κ2) is 6.47. The lowest BCUT2D eigenvalue weighted by atomic mass is 10.1. The predicted octanol–water partition coefficient (Wildman–Crippen LogP) is 3.83. The quantitative estimate of drug-likeness (QED) is 0.881. The Bertz CT molecular complexity index is 651. The van der Waals surface area contributed by atoms with Crippen molar-refractivity contribution in [1.29, 1.82) is 0 Å². The molecule has 22 heavy (non-hydrogen) atoms. The van der Waals surface area contributed by atoms with Gasteiger partial charge < -0.3 is 10.1 Å². The van der Waals surface area contributed by atoms with Gasteiger partial charge in [-0.15, -0.1) is 0 Å².